The standard InChI is InChI=1S/C23H34O2/c1-17(12-13-21-19(3)11-8-14-23(21,5)6)9-7-10-18(2)15-22-24-16-20(4)25-22/h7,9-10,12-13,15,20,22H,8,11,14,16H2,1-6H3/b10-7+,13-12+,17-9+,18-15-. The minimum atomic E-state index is -0.201. The van der Waals surface area contributed by atoms with Crippen LogP contribution in [0.1, 0.15) is 60.8 Å². The lowest BCUT2D eigenvalue weighted by molar-refractivity contribution is -0.0165. The topological polar surface area (TPSA) is 18.5 Å². The Morgan fingerprint density at radius 3 is 2.56 bits per heavy atom. The summed E-state index contributed by atoms with van der Waals surface area (Å²) in [5.41, 5.74) is 5.76. The number of hydrogen-bond acceptors (Lipinski definition) is 2. The molecule has 0 amide bonds. The van der Waals surface area contributed by atoms with Gasteiger partial charge in [-0.1, -0.05) is 60.9 Å². The summed E-state index contributed by atoms with van der Waals surface area (Å²) in [4.78, 5) is 0. The van der Waals surface area contributed by atoms with Crippen LogP contribution in [-0.2, 0) is 9.47 Å². The van der Waals surface area contributed by atoms with E-state index in [4.69, 9.17) is 9.47 Å². The van der Waals surface area contributed by atoms with Gasteiger partial charge in [-0.3, -0.25) is 0 Å². The van der Waals surface area contributed by atoms with Crippen molar-refractivity contribution in [3.8, 4) is 0 Å². The molecule has 1 saturated heterocycles. The van der Waals surface area contributed by atoms with Crippen LogP contribution in [0.2, 0.25) is 0 Å². The molecular weight excluding hydrogens is 308 g/mol. The van der Waals surface area contributed by atoms with Gasteiger partial charge in [0.25, 0.3) is 0 Å². The van der Waals surface area contributed by atoms with Gasteiger partial charge in [0.1, 0.15) is 0 Å². The Bertz CT molecular complexity index is 614. The lowest BCUT2D eigenvalue weighted by Crippen LogP contribution is -2.19. The molecule has 2 atom stereocenters. The van der Waals surface area contributed by atoms with Crippen molar-refractivity contribution in [1.29, 1.82) is 0 Å². The maximum absolute atomic E-state index is 5.63. The third kappa shape index (κ3) is 6.13. The van der Waals surface area contributed by atoms with Gasteiger partial charge in [-0.15, -0.1) is 0 Å². The van der Waals surface area contributed by atoms with E-state index in [1.54, 1.807) is 5.57 Å². The first-order chi connectivity index (χ1) is 11.8. The zero-order valence-corrected chi connectivity index (χ0v) is 16.8. The summed E-state index contributed by atoms with van der Waals surface area (Å²) in [5, 5.41) is 0. The van der Waals surface area contributed by atoms with Crippen LogP contribution in [0.5, 0.6) is 0 Å². The third-order valence-electron chi connectivity index (χ3n) is 5.03. The van der Waals surface area contributed by atoms with Crippen LogP contribution < -0.4 is 0 Å². The first kappa shape index (κ1) is 19.9. The van der Waals surface area contributed by atoms with Gasteiger partial charge >= 0.3 is 0 Å². The maximum atomic E-state index is 5.63. The van der Waals surface area contributed by atoms with Crippen molar-refractivity contribution in [2.75, 3.05) is 6.61 Å². The lowest BCUT2D eigenvalue weighted by atomic mass is 9.72. The Balaban J connectivity index is 1.96. The molecule has 0 saturated carbocycles. The Morgan fingerprint density at radius 2 is 1.92 bits per heavy atom. The molecule has 0 spiro atoms. The SMILES string of the molecule is CC1=C(/C=C/C(C)=C/C=C/C(C)=C\C2OCC(C)O2)C(C)(C)CCC1. The first-order valence-electron chi connectivity index (χ1n) is 9.47. The fraction of sp³-hybridized carbons (Fsp3) is 0.565. The second-order valence-electron chi connectivity index (χ2n) is 8.09. The molecule has 25 heavy (non-hydrogen) atoms. The Labute approximate surface area is 154 Å². The van der Waals surface area contributed by atoms with Crippen molar-refractivity contribution in [1.82, 2.24) is 0 Å². The number of rotatable bonds is 5. The van der Waals surface area contributed by atoms with Crippen molar-refractivity contribution in [3.05, 3.63) is 58.7 Å². The molecule has 1 heterocycles. The van der Waals surface area contributed by atoms with Crippen molar-refractivity contribution in [2.24, 2.45) is 5.41 Å². The highest BCUT2D eigenvalue weighted by atomic mass is 16.7. The second-order valence-corrected chi connectivity index (χ2v) is 8.09. The summed E-state index contributed by atoms with van der Waals surface area (Å²) in [6.07, 6.45) is 16.7. The summed E-state index contributed by atoms with van der Waals surface area (Å²) in [6, 6.07) is 0. The highest BCUT2D eigenvalue weighted by Gasteiger charge is 2.26. The predicted molar refractivity (Wildman–Crippen MR) is 106 cm³/mol. The molecule has 1 aliphatic heterocycles. The fourth-order valence-electron chi connectivity index (χ4n) is 3.53. The Morgan fingerprint density at radius 1 is 1.16 bits per heavy atom. The summed E-state index contributed by atoms with van der Waals surface area (Å²) in [6.45, 7) is 13.9. The van der Waals surface area contributed by atoms with E-state index < -0.39 is 0 Å². The molecule has 0 aromatic heterocycles. The number of hydrogen-bond donors (Lipinski definition) is 0. The summed E-state index contributed by atoms with van der Waals surface area (Å²) in [5.74, 6) is 0. The van der Waals surface area contributed by atoms with E-state index in [9.17, 15) is 0 Å². The van der Waals surface area contributed by atoms with Gasteiger partial charge in [-0.25, -0.2) is 0 Å². The molecule has 1 fully saturated rings. The lowest BCUT2D eigenvalue weighted by Gasteiger charge is -2.32. The van der Waals surface area contributed by atoms with Gasteiger partial charge in [0, 0.05) is 0 Å². The molecule has 2 unspecified atom stereocenters. The summed E-state index contributed by atoms with van der Waals surface area (Å²) >= 11 is 0. The van der Waals surface area contributed by atoms with E-state index in [1.807, 2.05) is 13.0 Å². The minimum absolute atomic E-state index is 0.187. The van der Waals surface area contributed by atoms with E-state index in [0.717, 1.165) is 5.57 Å². The van der Waals surface area contributed by atoms with Crippen LogP contribution in [0.15, 0.2) is 58.7 Å². The van der Waals surface area contributed by atoms with Crippen molar-refractivity contribution >= 4 is 0 Å². The van der Waals surface area contributed by atoms with Crippen LogP contribution in [0.4, 0.5) is 0 Å². The molecule has 0 N–H and O–H groups in total. The van der Waals surface area contributed by atoms with Gasteiger partial charge < -0.3 is 9.47 Å². The molecule has 1 aliphatic carbocycles. The molecule has 2 nitrogen and oxygen atoms in total. The second kappa shape index (κ2) is 8.82. The van der Waals surface area contributed by atoms with E-state index in [-0.39, 0.29) is 12.4 Å². The van der Waals surface area contributed by atoms with Crippen LogP contribution in [0, 0.1) is 5.41 Å². The molecule has 2 rings (SSSR count). The molecule has 2 aliphatic rings. The highest BCUT2D eigenvalue weighted by molar-refractivity contribution is 5.37. The smallest absolute Gasteiger partial charge is 0.177 e. The minimum Gasteiger partial charge on any atom is -0.346 e. The van der Waals surface area contributed by atoms with Crippen LogP contribution in [0.25, 0.3) is 0 Å². The van der Waals surface area contributed by atoms with Crippen LogP contribution >= 0.6 is 0 Å². The number of allylic oxidation sites excluding steroid dienone is 9. The first-order valence-corrected chi connectivity index (χ1v) is 9.47. The molecule has 0 aromatic rings. The van der Waals surface area contributed by atoms with Crippen molar-refractivity contribution in [3.63, 3.8) is 0 Å². The predicted octanol–water partition coefficient (Wildman–Crippen LogP) is 6.28. The molecule has 0 bridgehead atoms. The van der Waals surface area contributed by atoms with Crippen LogP contribution in [-0.4, -0.2) is 19.0 Å². The van der Waals surface area contributed by atoms with E-state index in [2.05, 4.69) is 65.0 Å². The highest BCUT2D eigenvalue weighted by Crippen LogP contribution is 2.40. The zero-order valence-electron chi connectivity index (χ0n) is 16.8. The largest absolute Gasteiger partial charge is 0.346 e. The molecule has 2 heteroatoms. The normalized spacial score (nSPS) is 28.6. The van der Waals surface area contributed by atoms with Gasteiger partial charge in [0.2, 0.25) is 0 Å². The average Bonchev–Trinajstić information content (AvgIpc) is 2.91. The van der Waals surface area contributed by atoms with Gasteiger partial charge in [0.15, 0.2) is 6.29 Å². The fourth-order valence-corrected chi connectivity index (χ4v) is 3.53. The summed E-state index contributed by atoms with van der Waals surface area (Å²) < 4.78 is 11.2. The quantitative estimate of drug-likeness (QED) is 0.547. The number of ether oxygens (including phenoxy) is 2. The average molecular weight is 343 g/mol. The van der Waals surface area contributed by atoms with E-state index in [1.165, 1.54) is 30.4 Å². The molecular formula is C23H34O2. The van der Waals surface area contributed by atoms with Gasteiger partial charge in [-0.05, 0) is 64.0 Å². The van der Waals surface area contributed by atoms with E-state index >= 15 is 0 Å². The monoisotopic (exact) mass is 342 g/mol. The van der Waals surface area contributed by atoms with Gasteiger partial charge in [0.05, 0.1) is 12.7 Å². The third-order valence-corrected chi connectivity index (χ3v) is 5.03. The van der Waals surface area contributed by atoms with E-state index in [0.29, 0.717) is 12.0 Å². The van der Waals surface area contributed by atoms with Gasteiger partial charge in [-0.2, -0.15) is 0 Å². The summed E-state index contributed by atoms with van der Waals surface area (Å²) in [7, 11) is 0. The Kier molecular flexibility index (Phi) is 7.04. The van der Waals surface area contributed by atoms with Crippen LogP contribution in [0.3, 0.4) is 0 Å². The maximum Gasteiger partial charge on any atom is 0.177 e. The zero-order chi connectivity index (χ0) is 18.4. The molecule has 0 aromatic carbocycles. The van der Waals surface area contributed by atoms with Crippen molar-refractivity contribution in [2.45, 2.75) is 73.2 Å². The van der Waals surface area contributed by atoms with Crippen molar-refractivity contribution < 1.29 is 9.47 Å². The Hall–Kier alpha value is -1.38. The molecule has 0 radical (unpaired) electrons. The molecule has 138 valence electrons.